The smallest absolute Gasteiger partial charge is 0.317 e. The average Bonchev–Trinajstić information content (AvgIpc) is 2.05. The first-order valence-electron chi connectivity index (χ1n) is 4.36. The van der Waals surface area contributed by atoms with Crippen molar-refractivity contribution in [2.45, 2.75) is 13.3 Å². The van der Waals surface area contributed by atoms with Gasteiger partial charge in [-0.2, -0.15) is 0 Å². The van der Waals surface area contributed by atoms with Crippen LogP contribution in [0.3, 0.4) is 0 Å². The van der Waals surface area contributed by atoms with Crippen molar-refractivity contribution in [1.82, 2.24) is 15.5 Å². The van der Waals surface area contributed by atoms with Crippen LogP contribution in [0, 0.1) is 0 Å². The molecule has 0 saturated carbocycles. The van der Waals surface area contributed by atoms with Gasteiger partial charge < -0.3 is 15.5 Å². The molecule has 0 aliphatic heterocycles. The summed E-state index contributed by atoms with van der Waals surface area (Å²) < 4.78 is 0. The Morgan fingerprint density at radius 2 is 2.17 bits per heavy atom. The highest BCUT2D eigenvalue weighted by atomic mass is 16.2. The molecule has 2 amide bonds. The van der Waals surface area contributed by atoms with Crippen LogP contribution in [0.15, 0.2) is 0 Å². The van der Waals surface area contributed by atoms with Crippen LogP contribution in [-0.2, 0) is 0 Å². The second-order valence-corrected chi connectivity index (χ2v) is 2.71. The minimum absolute atomic E-state index is 0.00797. The molecule has 0 aromatic heterocycles. The summed E-state index contributed by atoms with van der Waals surface area (Å²) >= 11 is 0. The van der Waals surface area contributed by atoms with E-state index in [1.165, 1.54) is 0 Å². The van der Waals surface area contributed by atoms with Crippen LogP contribution in [0.2, 0.25) is 0 Å². The Balaban J connectivity index is 3.42. The minimum atomic E-state index is 0.00797. The minimum Gasteiger partial charge on any atom is -0.338 e. The van der Waals surface area contributed by atoms with Gasteiger partial charge in [0, 0.05) is 20.1 Å². The van der Waals surface area contributed by atoms with Gasteiger partial charge >= 0.3 is 6.03 Å². The summed E-state index contributed by atoms with van der Waals surface area (Å²) in [5, 5.41) is 5.77. The zero-order valence-corrected chi connectivity index (χ0v) is 8.18. The monoisotopic (exact) mass is 173 g/mol. The zero-order valence-electron chi connectivity index (χ0n) is 8.18. The maximum absolute atomic E-state index is 11.1. The van der Waals surface area contributed by atoms with Crippen LogP contribution >= 0.6 is 0 Å². The maximum Gasteiger partial charge on any atom is 0.317 e. The molecule has 72 valence electrons. The van der Waals surface area contributed by atoms with E-state index >= 15 is 0 Å². The Morgan fingerprint density at radius 3 is 2.67 bits per heavy atom. The van der Waals surface area contributed by atoms with Gasteiger partial charge in [0.15, 0.2) is 0 Å². The fourth-order valence-corrected chi connectivity index (χ4v) is 0.881. The molecule has 0 fully saturated rings. The number of nitrogens with zero attached hydrogens (tertiary/aromatic N) is 1. The quantitative estimate of drug-likeness (QED) is 0.586. The molecule has 4 heteroatoms. The molecule has 4 nitrogen and oxygen atoms in total. The Bertz CT molecular complexity index is 127. The first-order valence-corrected chi connectivity index (χ1v) is 4.36. The van der Waals surface area contributed by atoms with E-state index < -0.39 is 0 Å². The number of urea groups is 1. The molecule has 0 unspecified atom stereocenters. The van der Waals surface area contributed by atoms with Crippen molar-refractivity contribution in [3.63, 3.8) is 0 Å². The molecule has 0 aromatic rings. The van der Waals surface area contributed by atoms with Gasteiger partial charge in [0.1, 0.15) is 0 Å². The van der Waals surface area contributed by atoms with Gasteiger partial charge in [0.25, 0.3) is 0 Å². The third-order valence-electron chi connectivity index (χ3n) is 1.60. The van der Waals surface area contributed by atoms with Crippen LogP contribution in [0.1, 0.15) is 13.3 Å². The van der Waals surface area contributed by atoms with Crippen molar-refractivity contribution < 1.29 is 4.79 Å². The lowest BCUT2D eigenvalue weighted by Gasteiger charge is -2.16. The van der Waals surface area contributed by atoms with E-state index in [4.69, 9.17) is 0 Å². The van der Waals surface area contributed by atoms with Gasteiger partial charge in [-0.3, -0.25) is 0 Å². The van der Waals surface area contributed by atoms with Gasteiger partial charge in [0.05, 0.1) is 0 Å². The Labute approximate surface area is 74.3 Å². The molecule has 0 spiro atoms. The predicted molar refractivity (Wildman–Crippen MR) is 50.2 cm³/mol. The van der Waals surface area contributed by atoms with E-state index in [-0.39, 0.29) is 6.03 Å². The highest BCUT2D eigenvalue weighted by Crippen LogP contribution is 1.86. The Morgan fingerprint density at radius 1 is 1.50 bits per heavy atom. The van der Waals surface area contributed by atoms with Gasteiger partial charge in [-0.25, -0.2) is 4.79 Å². The van der Waals surface area contributed by atoms with Gasteiger partial charge in [-0.1, -0.05) is 0 Å². The fraction of sp³-hybridized carbons (Fsp3) is 0.875. The highest BCUT2D eigenvalue weighted by Gasteiger charge is 2.04. The topological polar surface area (TPSA) is 44.4 Å². The Kier molecular flexibility index (Phi) is 6.47. The molecule has 0 radical (unpaired) electrons. The van der Waals surface area contributed by atoms with Crippen LogP contribution < -0.4 is 10.6 Å². The van der Waals surface area contributed by atoms with Crippen molar-refractivity contribution in [2.24, 2.45) is 0 Å². The molecule has 0 aliphatic carbocycles. The molecule has 0 aromatic carbocycles. The number of carbonyl (C=O) groups is 1. The van der Waals surface area contributed by atoms with Gasteiger partial charge in [-0.05, 0) is 26.9 Å². The zero-order chi connectivity index (χ0) is 9.40. The number of amides is 2. The van der Waals surface area contributed by atoms with Crippen molar-refractivity contribution >= 4 is 6.03 Å². The molecular weight excluding hydrogens is 154 g/mol. The van der Waals surface area contributed by atoms with E-state index in [9.17, 15) is 4.79 Å². The van der Waals surface area contributed by atoms with Crippen LogP contribution in [0.25, 0.3) is 0 Å². The van der Waals surface area contributed by atoms with E-state index in [1.807, 2.05) is 14.0 Å². The molecule has 0 atom stereocenters. The molecule has 0 rings (SSSR count). The Hall–Kier alpha value is -0.770. The number of hydrogen-bond donors (Lipinski definition) is 2. The molecular formula is C8H19N3O. The number of carbonyl (C=O) groups excluding carboxylic acids is 1. The molecule has 12 heavy (non-hydrogen) atoms. The summed E-state index contributed by atoms with van der Waals surface area (Å²) in [6, 6.07) is 0.00797. The molecule has 0 saturated heterocycles. The van der Waals surface area contributed by atoms with Crippen molar-refractivity contribution in [3.05, 3.63) is 0 Å². The SMILES string of the molecule is CCNC(=O)N(C)CCCNC. The average molecular weight is 173 g/mol. The first kappa shape index (κ1) is 11.2. The lowest BCUT2D eigenvalue weighted by atomic mass is 10.4. The lowest BCUT2D eigenvalue weighted by molar-refractivity contribution is 0.209. The molecule has 0 heterocycles. The second-order valence-electron chi connectivity index (χ2n) is 2.71. The van der Waals surface area contributed by atoms with Crippen molar-refractivity contribution in [3.8, 4) is 0 Å². The third kappa shape index (κ3) is 4.96. The predicted octanol–water partition coefficient (Wildman–Crippen LogP) is 0.257. The summed E-state index contributed by atoms with van der Waals surface area (Å²) in [6.07, 6.45) is 0.990. The summed E-state index contributed by atoms with van der Waals surface area (Å²) in [5.41, 5.74) is 0. The first-order chi connectivity index (χ1) is 5.72. The standard InChI is InChI=1S/C8H19N3O/c1-4-10-8(12)11(3)7-5-6-9-2/h9H,4-7H2,1-3H3,(H,10,12). The van der Waals surface area contributed by atoms with Crippen LogP contribution in [0.4, 0.5) is 4.79 Å². The number of hydrogen-bond acceptors (Lipinski definition) is 2. The van der Waals surface area contributed by atoms with Gasteiger partial charge in [-0.15, -0.1) is 0 Å². The summed E-state index contributed by atoms with van der Waals surface area (Å²) in [6.45, 7) is 4.35. The van der Waals surface area contributed by atoms with Crippen LogP contribution in [0.5, 0.6) is 0 Å². The van der Waals surface area contributed by atoms with Gasteiger partial charge in [0.2, 0.25) is 0 Å². The number of nitrogens with one attached hydrogen (secondary N) is 2. The molecule has 2 N–H and O–H groups in total. The maximum atomic E-state index is 11.1. The largest absolute Gasteiger partial charge is 0.338 e. The van der Waals surface area contributed by atoms with Crippen molar-refractivity contribution in [2.75, 3.05) is 33.7 Å². The van der Waals surface area contributed by atoms with Crippen molar-refractivity contribution in [1.29, 1.82) is 0 Å². The normalized spacial score (nSPS) is 9.58. The van der Waals surface area contributed by atoms with Crippen LogP contribution in [-0.4, -0.2) is 44.7 Å². The third-order valence-corrected chi connectivity index (χ3v) is 1.60. The van der Waals surface area contributed by atoms with E-state index in [1.54, 1.807) is 11.9 Å². The summed E-state index contributed by atoms with van der Waals surface area (Å²) in [4.78, 5) is 12.8. The highest BCUT2D eigenvalue weighted by molar-refractivity contribution is 5.73. The molecule has 0 bridgehead atoms. The van der Waals surface area contributed by atoms with E-state index in [0.29, 0.717) is 6.54 Å². The fourth-order valence-electron chi connectivity index (χ4n) is 0.881. The number of rotatable bonds is 5. The van der Waals surface area contributed by atoms with E-state index in [2.05, 4.69) is 10.6 Å². The van der Waals surface area contributed by atoms with E-state index in [0.717, 1.165) is 19.5 Å². The lowest BCUT2D eigenvalue weighted by Crippen LogP contribution is -2.38. The second kappa shape index (κ2) is 6.91. The summed E-state index contributed by atoms with van der Waals surface area (Å²) in [5.74, 6) is 0. The summed E-state index contributed by atoms with van der Waals surface area (Å²) in [7, 11) is 3.72. The molecule has 0 aliphatic rings.